The third-order valence-corrected chi connectivity index (χ3v) is 1.83. The largest absolute Gasteiger partial charge is 0.527 e. The monoisotopic (exact) mass is 190 g/mol. The van der Waals surface area contributed by atoms with E-state index in [0.717, 1.165) is 26.1 Å². The molecule has 0 heterocycles. The topological polar surface area (TPSA) is 64.8 Å². The summed E-state index contributed by atoms with van der Waals surface area (Å²) in [6, 6.07) is 0. The molecule has 0 aliphatic rings. The molecule has 0 unspecified atom stereocenters. The van der Waals surface area contributed by atoms with Crippen molar-refractivity contribution in [3.8, 4) is 0 Å². The fourth-order valence-electron chi connectivity index (χ4n) is 1.02. The summed E-state index contributed by atoms with van der Waals surface area (Å²) in [4.78, 5) is 16.5. The Morgan fingerprint density at radius 2 is 2.00 bits per heavy atom. The number of hydrogen-bond donors (Lipinski definition) is 1. The fourth-order valence-corrected chi connectivity index (χ4v) is 1.02. The van der Waals surface area contributed by atoms with Gasteiger partial charge in [-0.3, -0.25) is 0 Å². The van der Waals surface area contributed by atoms with Crippen molar-refractivity contribution in [2.24, 2.45) is 5.90 Å². The number of hydrogen-bond acceptors (Lipinski definition) is 5. The molecule has 0 spiro atoms. The summed E-state index contributed by atoms with van der Waals surface area (Å²) in [6.07, 6.45) is -0.0175. The van der Waals surface area contributed by atoms with Crippen molar-refractivity contribution in [2.75, 3.05) is 26.2 Å². The summed E-state index contributed by atoms with van der Waals surface area (Å²) in [5.41, 5.74) is 0. The summed E-state index contributed by atoms with van der Waals surface area (Å²) < 4.78 is 4.62. The molecule has 5 heteroatoms. The van der Waals surface area contributed by atoms with Crippen molar-refractivity contribution < 1.29 is 14.4 Å². The van der Waals surface area contributed by atoms with Crippen molar-refractivity contribution >= 4 is 6.16 Å². The molecule has 0 saturated heterocycles. The van der Waals surface area contributed by atoms with E-state index in [9.17, 15) is 4.79 Å². The van der Waals surface area contributed by atoms with E-state index in [1.807, 2.05) is 0 Å². The highest BCUT2D eigenvalue weighted by Gasteiger charge is 2.02. The van der Waals surface area contributed by atoms with Gasteiger partial charge in [-0.1, -0.05) is 13.8 Å². The quantitative estimate of drug-likeness (QED) is 0.380. The molecule has 0 amide bonds. The Hall–Kier alpha value is -0.810. The first-order valence-corrected chi connectivity index (χ1v) is 4.50. The molecule has 0 radical (unpaired) electrons. The second-order valence-corrected chi connectivity index (χ2v) is 2.60. The van der Waals surface area contributed by atoms with Gasteiger partial charge in [-0.05, 0) is 19.5 Å². The Balaban J connectivity index is 3.28. The molecule has 0 fully saturated rings. The third-order valence-electron chi connectivity index (χ3n) is 1.83. The Kier molecular flexibility index (Phi) is 7.33. The Morgan fingerprint density at radius 1 is 1.38 bits per heavy atom. The van der Waals surface area contributed by atoms with Crippen LogP contribution in [-0.2, 0) is 9.57 Å². The summed E-state index contributed by atoms with van der Waals surface area (Å²) in [7, 11) is 0. The van der Waals surface area contributed by atoms with Crippen molar-refractivity contribution in [2.45, 2.75) is 20.3 Å². The highest BCUT2D eigenvalue weighted by atomic mass is 16.8. The maximum absolute atomic E-state index is 10.4. The van der Waals surface area contributed by atoms with Crippen LogP contribution in [0.2, 0.25) is 0 Å². The van der Waals surface area contributed by atoms with Crippen LogP contribution >= 0.6 is 0 Å². The normalized spacial score (nSPS) is 10.2. The number of carbonyl (C=O) groups is 1. The van der Waals surface area contributed by atoms with E-state index in [4.69, 9.17) is 0 Å². The van der Waals surface area contributed by atoms with Crippen LogP contribution in [0.15, 0.2) is 0 Å². The number of rotatable bonds is 6. The lowest BCUT2D eigenvalue weighted by Crippen LogP contribution is -2.25. The van der Waals surface area contributed by atoms with Crippen LogP contribution in [0, 0.1) is 0 Å². The van der Waals surface area contributed by atoms with Crippen molar-refractivity contribution in [3.05, 3.63) is 0 Å². The molecular formula is C8H18N2O3. The minimum atomic E-state index is -0.820. The smallest absolute Gasteiger partial charge is 0.433 e. The predicted octanol–water partition coefficient (Wildman–Crippen LogP) is 0.745. The van der Waals surface area contributed by atoms with Crippen LogP contribution in [0.4, 0.5) is 4.79 Å². The summed E-state index contributed by atoms with van der Waals surface area (Å²) in [5, 5.41) is 0. The van der Waals surface area contributed by atoms with E-state index in [1.165, 1.54) is 0 Å². The molecule has 78 valence electrons. The highest BCUT2D eigenvalue weighted by Crippen LogP contribution is 1.92. The second-order valence-electron chi connectivity index (χ2n) is 2.60. The molecule has 0 bridgehead atoms. The van der Waals surface area contributed by atoms with Gasteiger partial charge >= 0.3 is 6.16 Å². The first-order chi connectivity index (χ1) is 6.24. The minimum Gasteiger partial charge on any atom is -0.433 e. The van der Waals surface area contributed by atoms with E-state index in [1.54, 1.807) is 0 Å². The highest BCUT2D eigenvalue weighted by molar-refractivity contribution is 5.59. The van der Waals surface area contributed by atoms with Crippen LogP contribution in [0.25, 0.3) is 0 Å². The number of ether oxygens (including phenoxy) is 1. The molecule has 0 aromatic carbocycles. The van der Waals surface area contributed by atoms with E-state index >= 15 is 0 Å². The molecule has 0 rings (SSSR count). The first kappa shape index (κ1) is 12.2. The van der Waals surface area contributed by atoms with Gasteiger partial charge in [-0.25, -0.2) is 4.79 Å². The Bertz CT molecular complexity index is 137. The molecule has 13 heavy (non-hydrogen) atoms. The zero-order chi connectivity index (χ0) is 10.1. The molecule has 0 aromatic heterocycles. The van der Waals surface area contributed by atoms with Gasteiger partial charge in [0.15, 0.2) is 0 Å². The molecule has 0 atom stereocenters. The lowest BCUT2D eigenvalue weighted by molar-refractivity contribution is 0.0525. The van der Waals surface area contributed by atoms with Gasteiger partial charge in [0, 0.05) is 6.54 Å². The number of nitrogens with two attached hydrogens (primary N) is 1. The number of carbonyl (C=O) groups excluding carboxylic acids is 1. The third kappa shape index (κ3) is 6.36. The van der Waals surface area contributed by atoms with Crippen molar-refractivity contribution in [1.82, 2.24) is 4.90 Å². The average molecular weight is 190 g/mol. The maximum Gasteiger partial charge on any atom is 0.527 e. The van der Waals surface area contributed by atoms with Crippen LogP contribution in [0.3, 0.4) is 0 Å². The number of nitrogens with zero attached hydrogens (tertiary/aromatic N) is 1. The van der Waals surface area contributed by atoms with Crippen LogP contribution in [0.1, 0.15) is 20.3 Å². The van der Waals surface area contributed by atoms with E-state index < -0.39 is 6.16 Å². The van der Waals surface area contributed by atoms with Crippen molar-refractivity contribution in [3.63, 3.8) is 0 Å². The minimum absolute atomic E-state index is 0.354. The van der Waals surface area contributed by atoms with E-state index in [0.29, 0.717) is 6.61 Å². The van der Waals surface area contributed by atoms with Gasteiger partial charge in [0.1, 0.15) is 0 Å². The van der Waals surface area contributed by atoms with E-state index in [-0.39, 0.29) is 0 Å². The zero-order valence-corrected chi connectivity index (χ0v) is 8.28. The summed E-state index contributed by atoms with van der Waals surface area (Å²) in [6.45, 7) is 7.49. The molecular weight excluding hydrogens is 172 g/mol. The van der Waals surface area contributed by atoms with Crippen molar-refractivity contribution in [1.29, 1.82) is 0 Å². The van der Waals surface area contributed by atoms with Gasteiger partial charge in [0.05, 0.1) is 6.61 Å². The fraction of sp³-hybridized carbons (Fsp3) is 0.875. The zero-order valence-electron chi connectivity index (χ0n) is 8.28. The van der Waals surface area contributed by atoms with Gasteiger partial charge in [-0.15, -0.1) is 0 Å². The van der Waals surface area contributed by atoms with Crippen LogP contribution in [-0.4, -0.2) is 37.3 Å². The predicted molar refractivity (Wildman–Crippen MR) is 49.0 cm³/mol. The molecule has 0 aliphatic carbocycles. The Labute approximate surface area is 78.7 Å². The molecule has 0 aliphatic heterocycles. The SMILES string of the molecule is CCN(CC)CCCOC(=O)ON. The van der Waals surface area contributed by atoms with Crippen LogP contribution in [0.5, 0.6) is 0 Å². The van der Waals surface area contributed by atoms with Gasteiger partial charge in [0.2, 0.25) is 0 Å². The first-order valence-electron chi connectivity index (χ1n) is 4.50. The Morgan fingerprint density at radius 3 is 2.46 bits per heavy atom. The second kappa shape index (κ2) is 7.82. The molecule has 2 N–H and O–H groups in total. The van der Waals surface area contributed by atoms with Gasteiger partial charge < -0.3 is 14.5 Å². The molecule has 0 aromatic rings. The van der Waals surface area contributed by atoms with Crippen LogP contribution < -0.4 is 5.90 Å². The summed E-state index contributed by atoms with van der Waals surface area (Å²) in [5.74, 6) is 4.58. The molecule has 0 saturated carbocycles. The lowest BCUT2D eigenvalue weighted by atomic mass is 10.4. The lowest BCUT2D eigenvalue weighted by Gasteiger charge is -2.17. The maximum atomic E-state index is 10.4. The average Bonchev–Trinajstić information content (AvgIpc) is 2.18. The van der Waals surface area contributed by atoms with Gasteiger partial charge in [0.25, 0.3) is 0 Å². The standard InChI is InChI=1S/C8H18N2O3/c1-3-10(4-2)6-5-7-12-8(11)13-9/h3-7,9H2,1-2H3. The molecule has 5 nitrogen and oxygen atoms in total. The summed E-state index contributed by atoms with van der Waals surface area (Å²) >= 11 is 0. The van der Waals surface area contributed by atoms with E-state index in [2.05, 4.69) is 34.2 Å². The van der Waals surface area contributed by atoms with Gasteiger partial charge in [-0.2, -0.15) is 5.90 Å².